The van der Waals surface area contributed by atoms with Gasteiger partial charge in [0.05, 0.1) is 104 Å². The van der Waals surface area contributed by atoms with Crippen LogP contribution in [0.3, 0.4) is 0 Å². The number of methoxy groups -OCH3 is 17. The first kappa shape index (κ1) is 107. The van der Waals surface area contributed by atoms with Gasteiger partial charge in [-0.3, -0.25) is 4.90 Å². The van der Waals surface area contributed by atoms with E-state index in [1.165, 1.54) is 33.4 Å². The van der Waals surface area contributed by atoms with Crippen LogP contribution >= 0.6 is 0 Å². The van der Waals surface area contributed by atoms with Crippen molar-refractivity contribution in [1.29, 1.82) is 0 Å². The van der Waals surface area contributed by atoms with Gasteiger partial charge < -0.3 is 136 Å². The van der Waals surface area contributed by atoms with Gasteiger partial charge in [-0.2, -0.15) is 0 Å². The Morgan fingerprint density at radius 2 is 0.765 bits per heavy atom. The minimum atomic E-state index is -0.500. The maximum atomic E-state index is 11.1. The van der Waals surface area contributed by atoms with Gasteiger partial charge in [0.25, 0.3) is 0 Å². The van der Waals surface area contributed by atoms with E-state index >= 15 is 0 Å². The minimum absolute atomic E-state index is 0.0218. The molecule has 24 rings (SSSR count). The van der Waals surface area contributed by atoms with Crippen LogP contribution in [0.2, 0.25) is 0 Å². The number of rotatable bonds is 17. The Labute approximate surface area is 880 Å². The van der Waals surface area contributed by atoms with E-state index in [2.05, 4.69) is 145 Å². The summed E-state index contributed by atoms with van der Waals surface area (Å²) < 4.78 is 95.8. The van der Waals surface area contributed by atoms with Crippen molar-refractivity contribution >= 4 is 0 Å². The predicted octanol–water partition coefficient (Wildman–Crippen LogP) is 15.9. The van der Waals surface area contributed by atoms with Gasteiger partial charge in [0, 0.05) is 162 Å². The minimum Gasteiger partial charge on any atom is -0.504 e. The Morgan fingerprint density at radius 1 is 0.329 bits per heavy atom. The molecular weight excluding hydrogens is 1890 g/mol. The Bertz CT molecular complexity index is 6130. The fourth-order valence-corrected chi connectivity index (χ4v) is 33.1. The zero-order valence-electron chi connectivity index (χ0n) is 92.2. The van der Waals surface area contributed by atoms with E-state index in [-0.39, 0.29) is 74.1 Å². The summed E-state index contributed by atoms with van der Waals surface area (Å²) in [5.41, 5.74) is 12.1. The van der Waals surface area contributed by atoms with Gasteiger partial charge in [0.15, 0.2) is 69.0 Å². The first-order valence-electron chi connectivity index (χ1n) is 53.6. The molecule has 810 valence electrons. The molecule has 6 aliphatic heterocycles. The number of likely N-dealkylation sites (N-methyl/N-ethyl adjacent to an activating group) is 6. The van der Waals surface area contributed by atoms with Crippen molar-refractivity contribution in [3.8, 4) is 69.0 Å². The second-order valence-electron chi connectivity index (χ2n) is 45.3. The largest absolute Gasteiger partial charge is 0.504 e. The molecule has 149 heavy (non-hydrogen) atoms. The maximum Gasteiger partial charge on any atom is 0.162 e. The molecule has 18 aliphatic rings. The lowest BCUT2D eigenvalue weighted by Crippen LogP contribution is -2.71. The molecule has 0 amide bonds. The summed E-state index contributed by atoms with van der Waals surface area (Å²) in [6.07, 6.45) is 29.2. The van der Waals surface area contributed by atoms with Crippen molar-refractivity contribution in [2.45, 2.75) is 228 Å². The molecule has 6 saturated heterocycles. The van der Waals surface area contributed by atoms with Crippen LogP contribution in [0.15, 0.2) is 143 Å². The Kier molecular flexibility index (Phi) is 30.1. The van der Waals surface area contributed by atoms with Gasteiger partial charge in [-0.25, -0.2) is 0 Å². The lowest BCUT2D eigenvalue weighted by molar-refractivity contribution is -0.140. The van der Waals surface area contributed by atoms with Crippen LogP contribution in [0, 0.1) is 35.5 Å². The number of hydrogen-bond acceptors (Lipinski definition) is 29. The highest BCUT2D eigenvalue weighted by molar-refractivity contribution is 5.65. The molecule has 6 N–H and O–H groups in total. The molecule has 0 saturated carbocycles. The van der Waals surface area contributed by atoms with Crippen LogP contribution in [-0.2, 0) is 123 Å². The van der Waals surface area contributed by atoms with Gasteiger partial charge >= 0.3 is 0 Å². The van der Waals surface area contributed by atoms with Gasteiger partial charge in [-0.05, 0) is 314 Å². The fourth-order valence-electron chi connectivity index (χ4n) is 33.1. The van der Waals surface area contributed by atoms with Crippen molar-refractivity contribution in [1.82, 2.24) is 29.4 Å². The van der Waals surface area contributed by atoms with Crippen molar-refractivity contribution < 1.29 is 111 Å². The van der Waals surface area contributed by atoms with Crippen molar-refractivity contribution in [2.75, 3.05) is 202 Å². The number of phenolic OH excluding ortho intramolecular Hbond substituents is 6. The first-order chi connectivity index (χ1) is 71.8. The van der Waals surface area contributed by atoms with Crippen LogP contribution in [0.5, 0.6) is 69.0 Å². The summed E-state index contributed by atoms with van der Waals surface area (Å²) in [5.74, 6) is 14.1. The number of aromatic hydroxyl groups is 6. The van der Waals surface area contributed by atoms with Gasteiger partial charge in [0.1, 0.15) is 52.7 Å². The van der Waals surface area contributed by atoms with E-state index in [1.54, 1.807) is 121 Å². The number of piperidine rings is 6. The third kappa shape index (κ3) is 16.7. The maximum absolute atomic E-state index is 11.1. The van der Waals surface area contributed by atoms with Crippen molar-refractivity contribution in [2.24, 2.45) is 35.5 Å². The lowest BCUT2D eigenvalue weighted by atomic mass is 9.51. The summed E-state index contributed by atoms with van der Waals surface area (Å²) >= 11 is 0. The van der Waals surface area contributed by atoms with Crippen molar-refractivity contribution in [3.05, 3.63) is 210 Å². The molecule has 29 nitrogen and oxygen atoms in total. The average Bonchev–Trinajstić information content (AvgIpc) is 0.682. The number of benzene rings is 6. The van der Waals surface area contributed by atoms with Gasteiger partial charge in [-0.15, -0.1) is 0 Å². The predicted molar refractivity (Wildman–Crippen MR) is 569 cm³/mol. The summed E-state index contributed by atoms with van der Waals surface area (Å²) in [5, 5.41) is 66.1. The summed E-state index contributed by atoms with van der Waals surface area (Å²) in [7, 11) is 42.0. The van der Waals surface area contributed by atoms with Crippen LogP contribution < -0.4 is 28.4 Å². The molecule has 6 aromatic rings. The molecule has 12 bridgehead atoms. The number of ether oxygens (including phenoxy) is 17. The molecule has 0 aromatic heterocycles. The van der Waals surface area contributed by atoms with E-state index in [1.807, 2.05) is 36.4 Å². The van der Waals surface area contributed by atoms with Gasteiger partial charge in [0.2, 0.25) is 0 Å². The zero-order valence-corrected chi connectivity index (χ0v) is 92.2. The molecule has 6 heterocycles. The highest BCUT2D eigenvalue weighted by Gasteiger charge is 2.68. The van der Waals surface area contributed by atoms with Crippen molar-refractivity contribution in [3.63, 3.8) is 0 Å². The van der Waals surface area contributed by atoms with Gasteiger partial charge in [-0.1, -0.05) is 43.3 Å². The van der Waals surface area contributed by atoms with E-state index in [4.69, 9.17) is 80.5 Å². The quantitative estimate of drug-likeness (QED) is 0.0494. The second kappa shape index (κ2) is 41.9. The second-order valence-corrected chi connectivity index (χ2v) is 45.3. The van der Waals surface area contributed by atoms with Crippen LogP contribution in [0.1, 0.15) is 164 Å². The summed E-state index contributed by atoms with van der Waals surface area (Å²) in [6.45, 7) is 8.37. The lowest BCUT2D eigenvalue weighted by Gasteiger charge is -2.63. The van der Waals surface area contributed by atoms with E-state index in [0.717, 1.165) is 241 Å². The Hall–Kier alpha value is -10.4. The SMILES string of the molecule is COC1=C(OC)C[C@@]23CCN(C)C(Cc4ccc(OC)c(O)c42)C3C1.COC1=CC(C)C2C3Cc4ccc(OC)c(O)c4[C@]2(CCN3C)C1.COC1=CC2(OC)C3Cc4ccc(OC)c(O)c4[C@@]2(CC1)CCN3C.COC1=CC2C3Cc4ccc(OC)c(O)c4[C@]2(CCN3C)CC1OC.COC1=CCC2C3Cc4ccc(OC)c(O)c4[C@]2(CCN3C)C1OC.COC1=C[C@@]23CCN(C)C(Cc4ccc(OC)c(O)c42)C3CC1OC. The van der Waals surface area contributed by atoms with E-state index < -0.39 is 5.60 Å². The Morgan fingerprint density at radius 3 is 1.28 bits per heavy atom. The average molecular weight is 2060 g/mol. The van der Waals surface area contributed by atoms with Crippen LogP contribution in [0.25, 0.3) is 0 Å². The zero-order chi connectivity index (χ0) is 106. The monoisotopic (exact) mass is 2060 g/mol. The van der Waals surface area contributed by atoms with Crippen LogP contribution in [-0.4, -0.2) is 323 Å². The third-order valence-corrected chi connectivity index (χ3v) is 40.1. The first-order valence-corrected chi connectivity index (χ1v) is 53.6. The molecule has 0 spiro atoms. The van der Waals surface area contributed by atoms with E-state index in [0.29, 0.717) is 117 Å². The standard InChI is InChI=1S/5C20H27NO4.C20H27NO3/c1-21-10-9-20-13(6-8-16(24-3)19(20)25-4)14(21)11-12-5-7-15(23-2)18(22)17(12)20;3*1-21-8-7-20-11-17(25-4)16(24-3)10-13(20)14(21)9-12-5-6-15(23-2)19(22)18(12)20;1-21-10-9-19-8-7-14(23-2)12-20(19,25-4)16(21)11-13-5-6-15(24-3)18(22)17(13)19;1-12-9-14(23-3)11-20-7-8-21(2)15(17(12)20)10-13-5-6-16(24-4)19(22)18(13)20/h5,7-8,13-14,19,22H,6,9-11H2,1-4H3;5-6,13-14,22H,7-11H2,1-4H3;5-6,11,13-14,16,22H,7-10H2,1-4H3;5-6,10,13-14,17,22H,7-9,11H2,1-4H3;5-6,12,16,22H,7-11H2,1-4H3;5-6,9,12,15,17,22H,7-8,10-11H2,1-4H3/t13?,14?,19?,20-;13?,14?,20-;13?,14?,16?,20-;13?,14?,17?,20-;16?,19-,20?;12?,15?,17?,20-/m111111/s1. The molecule has 6 fully saturated rings. The molecule has 12 aliphatic carbocycles. The number of phenols is 6. The normalized spacial score (nSPS) is 33.6. The molecule has 16 unspecified atom stereocenters. The number of nitrogens with zero attached hydrogens (tertiary/aromatic N) is 6. The molecule has 6 aromatic carbocycles. The smallest absolute Gasteiger partial charge is 0.162 e. The summed E-state index contributed by atoms with van der Waals surface area (Å²) in [6, 6.07) is 26.5. The molecule has 29 heteroatoms. The highest BCUT2D eigenvalue weighted by Crippen LogP contribution is 2.68. The third-order valence-electron chi connectivity index (χ3n) is 40.1. The molecular formula is C120H162N6O23. The highest BCUT2D eigenvalue weighted by atomic mass is 16.5. The van der Waals surface area contributed by atoms with E-state index in [9.17, 15) is 30.6 Å². The van der Waals surface area contributed by atoms with Crippen LogP contribution in [0.4, 0.5) is 0 Å². The topological polar surface area (TPSA) is 298 Å². The molecule has 0 radical (unpaired) electrons. The number of likely N-dealkylation sites (tertiary alicyclic amines) is 6. The fraction of sp³-hybridized carbons (Fsp3) is 0.600. The number of hydrogen-bond donors (Lipinski definition) is 6. The molecule has 22 atom stereocenters. The number of allylic oxidation sites excluding steroid dienone is 7. The number of fused-ring (bicyclic) bond motifs is 6. The Balaban J connectivity index is 0.000000112. The summed E-state index contributed by atoms with van der Waals surface area (Å²) in [4.78, 5) is 14.7.